The van der Waals surface area contributed by atoms with Gasteiger partial charge in [0.1, 0.15) is 5.70 Å². The second kappa shape index (κ2) is 7.95. The van der Waals surface area contributed by atoms with Crippen molar-refractivity contribution in [3.05, 3.63) is 59.8 Å². The van der Waals surface area contributed by atoms with Crippen molar-refractivity contribution in [1.82, 2.24) is 4.90 Å². The number of carbonyl (C=O) groups is 2. The molecule has 140 valence electrons. The molecule has 2 aromatic rings. The van der Waals surface area contributed by atoms with E-state index in [9.17, 15) is 9.59 Å². The van der Waals surface area contributed by atoms with Gasteiger partial charge in [0.05, 0.1) is 18.8 Å². The van der Waals surface area contributed by atoms with Crippen molar-refractivity contribution in [1.29, 1.82) is 0 Å². The molecule has 0 aliphatic carbocycles. The fraction of sp³-hybridized carbons (Fsp3) is 0.238. The Hall–Kier alpha value is -3.28. The van der Waals surface area contributed by atoms with Gasteiger partial charge in [-0.05, 0) is 31.5 Å². The van der Waals surface area contributed by atoms with Gasteiger partial charge < -0.3 is 14.8 Å². The number of amides is 2. The molecule has 0 aromatic heterocycles. The zero-order valence-electron chi connectivity index (χ0n) is 15.6. The topological polar surface area (TPSA) is 67.9 Å². The molecule has 1 aliphatic heterocycles. The van der Waals surface area contributed by atoms with Gasteiger partial charge in [-0.3, -0.25) is 14.5 Å². The normalized spacial score (nSPS) is 14.0. The SMILES string of the molecule is CCOc1ccc(NC2=C(c3ccccc3)C(=O)N(C)C2=O)cc1OCC. The van der Waals surface area contributed by atoms with Crippen LogP contribution in [0.4, 0.5) is 5.69 Å². The summed E-state index contributed by atoms with van der Waals surface area (Å²) >= 11 is 0. The molecule has 3 rings (SSSR count). The number of hydrogen-bond donors (Lipinski definition) is 1. The number of nitrogens with one attached hydrogen (secondary N) is 1. The third kappa shape index (κ3) is 3.65. The molecule has 27 heavy (non-hydrogen) atoms. The molecule has 0 spiro atoms. The predicted molar refractivity (Wildman–Crippen MR) is 104 cm³/mol. The zero-order valence-corrected chi connectivity index (χ0v) is 15.6. The first-order valence-electron chi connectivity index (χ1n) is 8.85. The van der Waals surface area contributed by atoms with Crippen LogP contribution in [0.5, 0.6) is 11.5 Å². The molecule has 0 fully saturated rings. The molecule has 0 bridgehead atoms. The van der Waals surface area contributed by atoms with Gasteiger partial charge in [0, 0.05) is 18.8 Å². The van der Waals surface area contributed by atoms with E-state index in [1.54, 1.807) is 18.2 Å². The molecule has 0 radical (unpaired) electrons. The highest BCUT2D eigenvalue weighted by Gasteiger charge is 2.36. The van der Waals surface area contributed by atoms with Gasteiger partial charge in [-0.15, -0.1) is 0 Å². The van der Waals surface area contributed by atoms with Crippen LogP contribution in [-0.2, 0) is 9.59 Å². The molecule has 2 amide bonds. The van der Waals surface area contributed by atoms with E-state index in [-0.39, 0.29) is 17.5 Å². The number of benzene rings is 2. The summed E-state index contributed by atoms with van der Waals surface area (Å²) in [5, 5.41) is 3.10. The number of likely N-dealkylation sites (N-methyl/N-ethyl adjacent to an activating group) is 1. The van der Waals surface area contributed by atoms with Crippen LogP contribution in [0.1, 0.15) is 19.4 Å². The van der Waals surface area contributed by atoms with E-state index in [1.165, 1.54) is 7.05 Å². The summed E-state index contributed by atoms with van der Waals surface area (Å²) in [5.74, 6) is 0.514. The number of rotatable bonds is 7. The largest absolute Gasteiger partial charge is 0.490 e. The van der Waals surface area contributed by atoms with Gasteiger partial charge in [0.15, 0.2) is 11.5 Å². The first-order valence-corrected chi connectivity index (χ1v) is 8.85. The second-order valence-electron chi connectivity index (χ2n) is 5.94. The Morgan fingerprint density at radius 1 is 0.889 bits per heavy atom. The number of ether oxygens (including phenoxy) is 2. The van der Waals surface area contributed by atoms with Crippen molar-refractivity contribution in [2.45, 2.75) is 13.8 Å². The fourth-order valence-corrected chi connectivity index (χ4v) is 2.90. The molecule has 6 nitrogen and oxygen atoms in total. The third-order valence-electron chi connectivity index (χ3n) is 4.16. The minimum atomic E-state index is -0.370. The monoisotopic (exact) mass is 366 g/mol. The maximum absolute atomic E-state index is 12.6. The van der Waals surface area contributed by atoms with E-state index in [4.69, 9.17) is 9.47 Å². The van der Waals surface area contributed by atoms with E-state index in [2.05, 4.69) is 5.32 Å². The first-order chi connectivity index (χ1) is 13.1. The molecule has 2 aromatic carbocycles. The van der Waals surface area contributed by atoms with Gasteiger partial charge in [-0.2, -0.15) is 0 Å². The summed E-state index contributed by atoms with van der Waals surface area (Å²) in [4.78, 5) is 26.3. The van der Waals surface area contributed by atoms with Crippen LogP contribution < -0.4 is 14.8 Å². The molecule has 1 aliphatic rings. The fourth-order valence-electron chi connectivity index (χ4n) is 2.90. The molecule has 1 heterocycles. The van der Waals surface area contributed by atoms with E-state index in [0.717, 1.165) is 4.90 Å². The molecular weight excluding hydrogens is 344 g/mol. The Morgan fingerprint density at radius 2 is 1.56 bits per heavy atom. The summed E-state index contributed by atoms with van der Waals surface area (Å²) in [7, 11) is 1.48. The minimum absolute atomic E-state index is 0.250. The number of nitrogens with zero attached hydrogens (tertiary/aromatic N) is 1. The summed E-state index contributed by atoms with van der Waals surface area (Å²) < 4.78 is 11.2. The first kappa shape index (κ1) is 18.5. The Morgan fingerprint density at radius 3 is 2.22 bits per heavy atom. The number of imide groups is 1. The summed E-state index contributed by atoms with van der Waals surface area (Å²) in [6, 6.07) is 14.5. The summed E-state index contributed by atoms with van der Waals surface area (Å²) in [5.41, 5.74) is 1.94. The van der Waals surface area contributed by atoms with Gasteiger partial charge >= 0.3 is 0 Å². The standard InChI is InChI=1S/C21H22N2O4/c1-4-26-16-12-11-15(13-17(16)27-5-2)22-19-18(14-9-7-6-8-10-14)20(24)23(3)21(19)25/h6-13,22H,4-5H2,1-3H3. The average Bonchev–Trinajstić information content (AvgIpc) is 2.89. The lowest BCUT2D eigenvalue weighted by Gasteiger charge is -2.14. The quantitative estimate of drug-likeness (QED) is 0.762. The Bertz CT molecular complexity index is 890. The predicted octanol–water partition coefficient (Wildman–Crippen LogP) is 3.31. The van der Waals surface area contributed by atoms with Crippen LogP contribution in [0.2, 0.25) is 0 Å². The highest BCUT2D eigenvalue weighted by Crippen LogP contribution is 2.34. The maximum atomic E-state index is 12.6. The van der Waals surface area contributed by atoms with E-state index < -0.39 is 0 Å². The van der Waals surface area contributed by atoms with Crippen LogP contribution >= 0.6 is 0 Å². The van der Waals surface area contributed by atoms with Crippen molar-refractivity contribution in [3.8, 4) is 11.5 Å². The number of carbonyl (C=O) groups excluding carboxylic acids is 2. The van der Waals surface area contributed by atoms with Crippen molar-refractivity contribution >= 4 is 23.1 Å². The minimum Gasteiger partial charge on any atom is -0.490 e. The average molecular weight is 366 g/mol. The van der Waals surface area contributed by atoms with E-state index in [0.29, 0.717) is 41.5 Å². The van der Waals surface area contributed by atoms with Crippen LogP contribution in [0, 0.1) is 0 Å². The van der Waals surface area contributed by atoms with E-state index in [1.807, 2.05) is 44.2 Å². The Kier molecular flexibility index (Phi) is 5.45. The van der Waals surface area contributed by atoms with Crippen molar-refractivity contribution in [2.24, 2.45) is 0 Å². The third-order valence-corrected chi connectivity index (χ3v) is 4.16. The molecular formula is C21H22N2O4. The highest BCUT2D eigenvalue weighted by molar-refractivity contribution is 6.36. The molecule has 0 atom stereocenters. The lowest BCUT2D eigenvalue weighted by Crippen LogP contribution is -2.27. The molecule has 1 N–H and O–H groups in total. The van der Waals surface area contributed by atoms with Gasteiger partial charge in [-0.1, -0.05) is 30.3 Å². The number of hydrogen-bond acceptors (Lipinski definition) is 5. The Labute approximate surface area is 158 Å². The lowest BCUT2D eigenvalue weighted by molar-refractivity contribution is -0.135. The zero-order chi connectivity index (χ0) is 19.4. The van der Waals surface area contributed by atoms with Gasteiger partial charge in [-0.25, -0.2) is 0 Å². The van der Waals surface area contributed by atoms with Crippen molar-refractivity contribution in [2.75, 3.05) is 25.6 Å². The van der Waals surface area contributed by atoms with Crippen LogP contribution in [0.3, 0.4) is 0 Å². The van der Waals surface area contributed by atoms with Crippen LogP contribution in [0.15, 0.2) is 54.2 Å². The smallest absolute Gasteiger partial charge is 0.277 e. The van der Waals surface area contributed by atoms with Crippen LogP contribution in [-0.4, -0.2) is 37.0 Å². The van der Waals surface area contributed by atoms with Crippen molar-refractivity contribution in [3.63, 3.8) is 0 Å². The highest BCUT2D eigenvalue weighted by atomic mass is 16.5. The van der Waals surface area contributed by atoms with Crippen LogP contribution in [0.25, 0.3) is 5.57 Å². The molecule has 6 heteroatoms. The molecule has 0 saturated carbocycles. The molecule has 0 saturated heterocycles. The second-order valence-corrected chi connectivity index (χ2v) is 5.94. The summed E-state index contributed by atoms with van der Waals surface area (Å²) in [6.07, 6.45) is 0. The number of anilines is 1. The van der Waals surface area contributed by atoms with Crippen molar-refractivity contribution < 1.29 is 19.1 Å². The maximum Gasteiger partial charge on any atom is 0.277 e. The van der Waals surface area contributed by atoms with Gasteiger partial charge in [0.25, 0.3) is 11.8 Å². The lowest BCUT2D eigenvalue weighted by atomic mass is 10.0. The molecule has 0 unspecified atom stereocenters. The summed E-state index contributed by atoms with van der Waals surface area (Å²) in [6.45, 7) is 4.80. The van der Waals surface area contributed by atoms with E-state index >= 15 is 0 Å². The Balaban J connectivity index is 2.01. The van der Waals surface area contributed by atoms with Gasteiger partial charge in [0.2, 0.25) is 0 Å².